The molecule has 5 nitrogen and oxygen atoms in total. The molecule has 2 N–H and O–H groups in total. The molecule has 5 heteroatoms. The number of rotatable bonds is 4. The average Bonchev–Trinajstić information content (AvgIpc) is 2.87. The summed E-state index contributed by atoms with van der Waals surface area (Å²) >= 11 is 0. The van der Waals surface area contributed by atoms with Crippen LogP contribution in [-0.4, -0.2) is 23.7 Å². The highest BCUT2D eigenvalue weighted by atomic mass is 16.5. The Hall–Kier alpha value is -1.85. The maximum atomic E-state index is 6.02. The van der Waals surface area contributed by atoms with Crippen LogP contribution in [0.15, 0.2) is 28.8 Å². The SMILES string of the molecule is COCc1cc(CN2CCc3c(N)cccc3C2)no1. The largest absolute Gasteiger partial charge is 0.398 e. The number of methoxy groups -OCH3 is 1. The van der Waals surface area contributed by atoms with Crippen molar-refractivity contribution in [3.05, 3.63) is 46.8 Å². The number of hydrogen-bond acceptors (Lipinski definition) is 5. The van der Waals surface area contributed by atoms with Gasteiger partial charge in [0.25, 0.3) is 0 Å². The molecule has 1 aliphatic rings. The number of aromatic nitrogens is 1. The molecule has 0 saturated heterocycles. The summed E-state index contributed by atoms with van der Waals surface area (Å²) in [5.74, 6) is 0.768. The number of nitrogen functional groups attached to an aromatic ring is 1. The lowest BCUT2D eigenvalue weighted by atomic mass is 9.98. The van der Waals surface area contributed by atoms with E-state index in [1.165, 1.54) is 11.1 Å². The monoisotopic (exact) mass is 273 g/mol. The number of fused-ring (bicyclic) bond motifs is 1. The molecule has 0 atom stereocenters. The third kappa shape index (κ3) is 2.69. The standard InChI is InChI=1S/C15H19N3O2/c1-19-10-13-7-12(17-20-13)9-18-6-5-14-11(8-18)3-2-4-15(14)16/h2-4,7H,5-6,8-10,16H2,1H3. The Morgan fingerprint density at radius 1 is 1.45 bits per heavy atom. The molecule has 2 aromatic rings. The van der Waals surface area contributed by atoms with Gasteiger partial charge in [0.2, 0.25) is 0 Å². The van der Waals surface area contributed by atoms with Gasteiger partial charge in [-0.2, -0.15) is 0 Å². The molecule has 0 radical (unpaired) electrons. The Morgan fingerprint density at radius 2 is 2.35 bits per heavy atom. The summed E-state index contributed by atoms with van der Waals surface area (Å²) in [7, 11) is 1.65. The number of anilines is 1. The average molecular weight is 273 g/mol. The highest BCUT2D eigenvalue weighted by molar-refractivity contribution is 5.51. The van der Waals surface area contributed by atoms with Crippen molar-refractivity contribution in [2.24, 2.45) is 0 Å². The van der Waals surface area contributed by atoms with Crippen LogP contribution in [0.5, 0.6) is 0 Å². The molecular weight excluding hydrogens is 254 g/mol. The lowest BCUT2D eigenvalue weighted by molar-refractivity contribution is 0.155. The zero-order valence-corrected chi connectivity index (χ0v) is 11.6. The van der Waals surface area contributed by atoms with Crippen LogP contribution in [0.25, 0.3) is 0 Å². The van der Waals surface area contributed by atoms with Crippen LogP contribution >= 0.6 is 0 Å². The summed E-state index contributed by atoms with van der Waals surface area (Å²) in [5.41, 5.74) is 10.5. The molecule has 1 aliphatic heterocycles. The molecule has 2 heterocycles. The minimum absolute atomic E-state index is 0.465. The zero-order valence-electron chi connectivity index (χ0n) is 11.6. The van der Waals surface area contributed by atoms with Crippen molar-refractivity contribution in [3.63, 3.8) is 0 Å². The van der Waals surface area contributed by atoms with Crippen molar-refractivity contribution < 1.29 is 9.26 Å². The van der Waals surface area contributed by atoms with Crippen LogP contribution < -0.4 is 5.73 Å². The van der Waals surface area contributed by atoms with E-state index in [0.29, 0.717) is 6.61 Å². The van der Waals surface area contributed by atoms with E-state index in [0.717, 1.165) is 43.2 Å². The Labute approximate surface area is 118 Å². The van der Waals surface area contributed by atoms with Gasteiger partial charge >= 0.3 is 0 Å². The van der Waals surface area contributed by atoms with E-state index in [2.05, 4.69) is 16.1 Å². The molecule has 0 fully saturated rings. The van der Waals surface area contributed by atoms with E-state index in [4.69, 9.17) is 15.0 Å². The first-order valence-corrected chi connectivity index (χ1v) is 6.78. The second-order valence-electron chi connectivity index (χ2n) is 5.16. The summed E-state index contributed by atoms with van der Waals surface area (Å²) in [6.07, 6.45) is 0.991. The quantitative estimate of drug-likeness (QED) is 0.863. The van der Waals surface area contributed by atoms with E-state index in [1.54, 1.807) is 7.11 Å². The summed E-state index contributed by atoms with van der Waals surface area (Å²) < 4.78 is 10.2. The van der Waals surface area contributed by atoms with Gasteiger partial charge < -0.3 is 15.0 Å². The van der Waals surface area contributed by atoms with Crippen molar-refractivity contribution in [1.29, 1.82) is 0 Å². The Balaban J connectivity index is 1.68. The fourth-order valence-corrected chi connectivity index (χ4v) is 2.70. The van der Waals surface area contributed by atoms with E-state index >= 15 is 0 Å². The summed E-state index contributed by atoms with van der Waals surface area (Å²) in [6.45, 7) is 3.16. The molecule has 1 aromatic heterocycles. The van der Waals surface area contributed by atoms with Crippen molar-refractivity contribution in [2.45, 2.75) is 26.1 Å². The van der Waals surface area contributed by atoms with Crippen LogP contribution in [0.4, 0.5) is 5.69 Å². The van der Waals surface area contributed by atoms with Crippen LogP contribution in [0.3, 0.4) is 0 Å². The first-order chi connectivity index (χ1) is 9.76. The first kappa shape index (κ1) is 13.1. The van der Waals surface area contributed by atoms with Gasteiger partial charge in [-0.25, -0.2) is 0 Å². The molecule has 20 heavy (non-hydrogen) atoms. The fraction of sp³-hybridized carbons (Fsp3) is 0.400. The molecule has 0 spiro atoms. The number of nitrogens with two attached hydrogens (primary N) is 1. The third-order valence-electron chi connectivity index (χ3n) is 3.66. The van der Waals surface area contributed by atoms with Crippen molar-refractivity contribution in [1.82, 2.24) is 10.1 Å². The molecule has 1 aromatic carbocycles. The van der Waals surface area contributed by atoms with Crippen LogP contribution in [0, 0.1) is 0 Å². The van der Waals surface area contributed by atoms with Gasteiger partial charge in [0, 0.05) is 38.5 Å². The lowest BCUT2D eigenvalue weighted by Crippen LogP contribution is -2.30. The molecule has 3 rings (SSSR count). The van der Waals surface area contributed by atoms with Gasteiger partial charge in [-0.15, -0.1) is 0 Å². The number of benzene rings is 1. The summed E-state index contributed by atoms with van der Waals surface area (Å²) in [6, 6.07) is 8.10. The Morgan fingerprint density at radius 3 is 3.20 bits per heavy atom. The Kier molecular flexibility index (Phi) is 3.71. The highest BCUT2D eigenvalue weighted by Gasteiger charge is 2.19. The van der Waals surface area contributed by atoms with Crippen LogP contribution in [0.1, 0.15) is 22.6 Å². The Bertz CT molecular complexity index is 595. The zero-order chi connectivity index (χ0) is 13.9. The summed E-state index contributed by atoms with van der Waals surface area (Å²) in [4.78, 5) is 2.36. The van der Waals surface area contributed by atoms with Gasteiger partial charge in [-0.3, -0.25) is 4.90 Å². The minimum atomic E-state index is 0.465. The van der Waals surface area contributed by atoms with Crippen LogP contribution in [-0.2, 0) is 30.9 Å². The van der Waals surface area contributed by atoms with Crippen molar-refractivity contribution >= 4 is 5.69 Å². The second-order valence-corrected chi connectivity index (χ2v) is 5.16. The van der Waals surface area contributed by atoms with Crippen molar-refractivity contribution in [3.8, 4) is 0 Å². The molecular formula is C15H19N3O2. The van der Waals surface area contributed by atoms with E-state index in [-0.39, 0.29) is 0 Å². The predicted molar refractivity (Wildman–Crippen MR) is 75.9 cm³/mol. The van der Waals surface area contributed by atoms with Gasteiger partial charge in [0.1, 0.15) is 6.61 Å². The molecule has 0 amide bonds. The van der Waals surface area contributed by atoms with Crippen molar-refractivity contribution in [2.75, 3.05) is 19.4 Å². The molecule has 0 aliphatic carbocycles. The number of ether oxygens (including phenoxy) is 1. The number of nitrogens with zero attached hydrogens (tertiary/aromatic N) is 2. The molecule has 106 valence electrons. The first-order valence-electron chi connectivity index (χ1n) is 6.78. The maximum Gasteiger partial charge on any atom is 0.162 e. The topological polar surface area (TPSA) is 64.5 Å². The van der Waals surface area contributed by atoms with E-state index in [1.807, 2.05) is 18.2 Å². The summed E-state index contributed by atoms with van der Waals surface area (Å²) in [5, 5.41) is 4.08. The number of hydrogen-bond donors (Lipinski definition) is 1. The highest BCUT2D eigenvalue weighted by Crippen LogP contribution is 2.24. The third-order valence-corrected chi connectivity index (χ3v) is 3.66. The lowest BCUT2D eigenvalue weighted by Gasteiger charge is -2.28. The van der Waals surface area contributed by atoms with E-state index in [9.17, 15) is 0 Å². The van der Waals surface area contributed by atoms with Gasteiger partial charge in [-0.1, -0.05) is 17.3 Å². The van der Waals surface area contributed by atoms with Gasteiger partial charge in [-0.05, 0) is 23.6 Å². The second kappa shape index (κ2) is 5.64. The fourth-order valence-electron chi connectivity index (χ4n) is 2.70. The molecule has 0 bridgehead atoms. The maximum absolute atomic E-state index is 6.02. The smallest absolute Gasteiger partial charge is 0.162 e. The molecule has 0 unspecified atom stereocenters. The molecule has 0 saturated carbocycles. The predicted octanol–water partition coefficient (Wildman–Crippen LogP) is 1.96. The van der Waals surface area contributed by atoms with Gasteiger partial charge in [0.05, 0.1) is 5.69 Å². The van der Waals surface area contributed by atoms with Gasteiger partial charge in [0.15, 0.2) is 5.76 Å². The minimum Gasteiger partial charge on any atom is -0.398 e. The van der Waals surface area contributed by atoms with Crippen LogP contribution in [0.2, 0.25) is 0 Å². The van der Waals surface area contributed by atoms with E-state index < -0.39 is 0 Å². The normalized spacial score (nSPS) is 15.2.